The van der Waals surface area contributed by atoms with Crippen molar-refractivity contribution in [3.63, 3.8) is 0 Å². The van der Waals surface area contributed by atoms with E-state index in [0.29, 0.717) is 19.3 Å². The van der Waals surface area contributed by atoms with Gasteiger partial charge in [0.25, 0.3) is 0 Å². The quantitative estimate of drug-likeness (QED) is 0.153. The molecule has 3 rings (SSSR count). The van der Waals surface area contributed by atoms with Crippen molar-refractivity contribution in [3.8, 4) is 11.5 Å². The van der Waals surface area contributed by atoms with Crippen LogP contribution in [0.2, 0.25) is 0 Å². The van der Waals surface area contributed by atoms with Crippen LogP contribution in [0.3, 0.4) is 0 Å². The number of hydrogen-bond donors (Lipinski definition) is 2. The van der Waals surface area contributed by atoms with Gasteiger partial charge in [-0.2, -0.15) is 0 Å². The molecule has 1 fully saturated rings. The number of benzene rings is 1. The van der Waals surface area contributed by atoms with Crippen LogP contribution in [0, 0.1) is 5.92 Å². The SMILES string of the molecule is CC(C)N(C)CCCCNC(=NCCCOCC1CC1)Nc1ccc2c(c1)OCCCO2.I. The van der Waals surface area contributed by atoms with Gasteiger partial charge in [-0.15, -0.1) is 24.0 Å². The zero-order valence-electron chi connectivity index (χ0n) is 20.6. The minimum atomic E-state index is 0. The third-order valence-corrected chi connectivity index (χ3v) is 5.89. The highest BCUT2D eigenvalue weighted by Crippen LogP contribution is 2.32. The van der Waals surface area contributed by atoms with Crippen molar-refractivity contribution >= 4 is 35.6 Å². The molecule has 8 heteroatoms. The summed E-state index contributed by atoms with van der Waals surface area (Å²) in [4.78, 5) is 7.16. The number of nitrogens with zero attached hydrogens (tertiary/aromatic N) is 2. The number of anilines is 1. The summed E-state index contributed by atoms with van der Waals surface area (Å²) in [6.45, 7) is 10.3. The molecule has 0 bridgehead atoms. The largest absolute Gasteiger partial charge is 0.490 e. The summed E-state index contributed by atoms with van der Waals surface area (Å²) in [6, 6.07) is 6.56. The molecule has 2 N–H and O–H groups in total. The zero-order valence-corrected chi connectivity index (χ0v) is 22.9. The lowest BCUT2D eigenvalue weighted by Gasteiger charge is -2.20. The predicted octanol–water partition coefficient (Wildman–Crippen LogP) is 4.76. The van der Waals surface area contributed by atoms with Crippen molar-refractivity contribution in [2.45, 2.75) is 58.4 Å². The molecule has 188 valence electrons. The topological polar surface area (TPSA) is 67.4 Å². The Kier molecular flexibility index (Phi) is 13.2. The van der Waals surface area contributed by atoms with E-state index in [1.165, 1.54) is 12.8 Å². The third kappa shape index (κ3) is 11.1. The van der Waals surface area contributed by atoms with E-state index in [2.05, 4.69) is 36.4 Å². The van der Waals surface area contributed by atoms with E-state index in [1.54, 1.807) is 0 Å². The summed E-state index contributed by atoms with van der Waals surface area (Å²) in [7, 11) is 2.18. The molecule has 0 atom stereocenters. The Morgan fingerprint density at radius 3 is 2.70 bits per heavy atom. The summed E-state index contributed by atoms with van der Waals surface area (Å²) < 4.78 is 17.3. The number of hydrogen-bond acceptors (Lipinski definition) is 5. The van der Waals surface area contributed by atoms with E-state index in [9.17, 15) is 0 Å². The van der Waals surface area contributed by atoms with E-state index in [0.717, 1.165) is 87.6 Å². The lowest BCUT2D eigenvalue weighted by molar-refractivity contribution is 0.123. The molecule has 0 radical (unpaired) electrons. The highest BCUT2D eigenvalue weighted by atomic mass is 127. The Morgan fingerprint density at radius 1 is 1.15 bits per heavy atom. The smallest absolute Gasteiger partial charge is 0.195 e. The average Bonchev–Trinajstić information content (AvgIpc) is 3.62. The van der Waals surface area contributed by atoms with Crippen molar-refractivity contribution < 1.29 is 14.2 Å². The van der Waals surface area contributed by atoms with Crippen LogP contribution in [-0.2, 0) is 4.74 Å². The van der Waals surface area contributed by atoms with Crippen LogP contribution in [0.1, 0.15) is 52.4 Å². The van der Waals surface area contributed by atoms with Gasteiger partial charge in [0.15, 0.2) is 17.5 Å². The summed E-state index contributed by atoms with van der Waals surface area (Å²) in [5.74, 6) is 3.21. The second kappa shape index (κ2) is 15.6. The molecular formula is C25H43IN4O3. The van der Waals surface area contributed by atoms with E-state index in [4.69, 9.17) is 19.2 Å². The molecule has 0 amide bonds. The highest BCUT2D eigenvalue weighted by Gasteiger charge is 2.20. The molecular weight excluding hydrogens is 531 g/mol. The standard InChI is InChI=1S/C25H42N4O3.HI/c1-20(2)29(3)14-5-4-12-26-25(27-13-6-15-30-19-21-8-9-21)28-22-10-11-23-24(18-22)32-17-7-16-31-23;/h10-11,18,20-21H,4-9,12-17,19H2,1-3H3,(H2,26,27,28);1H. The van der Waals surface area contributed by atoms with Gasteiger partial charge < -0.3 is 29.7 Å². The molecule has 0 unspecified atom stereocenters. The van der Waals surface area contributed by atoms with Crippen LogP contribution < -0.4 is 20.1 Å². The molecule has 1 aliphatic heterocycles. The molecule has 7 nitrogen and oxygen atoms in total. The van der Waals surface area contributed by atoms with Gasteiger partial charge in [0.1, 0.15) is 0 Å². The fourth-order valence-corrected chi connectivity index (χ4v) is 3.36. The number of rotatable bonds is 13. The van der Waals surface area contributed by atoms with E-state index in [-0.39, 0.29) is 24.0 Å². The van der Waals surface area contributed by atoms with Crippen molar-refractivity contribution in [1.29, 1.82) is 0 Å². The highest BCUT2D eigenvalue weighted by molar-refractivity contribution is 14.0. The number of unbranched alkanes of at least 4 members (excludes halogenated alkanes) is 1. The second-order valence-electron chi connectivity index (χ2n) is 9.15. The number of aliphatic imine (C=N–C) groups is 1. The zero-order chi connectivity index (χ0) is 22.6. The van der Waals surface area contributed by atoms with E-state index in [1.807, 2.05) is 18.2 Å². The molecule has 2 aliphatic rings. The van der Waals surface area contributed by atoms with Gasteiger partial charge in [-0.1, -0.05) is 0 Å². The van der Waals surface area contributed by atoms with Crippen molar-refractivity contribution in [2.24, 2.45) is 10.9 Å². The van der Waals surface area contributed by atoms with Crippen molar-refractivity contribution in [2.75, 3.05) is 58.4 Å². The van der Waals surface area contributed by atoms with Crippen LogP contribution in [-0.4, -0.2) is 70.0 Å². The Morgan fingerprint density at radius 2 is 1.94 bits per heavy atom. The molecule has 33 heavy (non-hydrogen) atoms. The predicted molar refractivity (Wildman–Crippen MR) is 147 cm³/mol. The molecule has 1 aliphatic carbocycles. The fourth-order valence-electron chi connectivity index (χ4n) is 3.36. The minimum absolute atomic E-state index is 0. The van der Waals surface area contributed by atoms with Crippen LogP contribution in [0.25, 0.3) is 0 Å². The van der Waals surface area contributed by atoms with Gasteiger partial charge in [0.2, 0.25) is 0 Å². The lowest BCUT2D eigenvalue weighted by Crippen LogP contribution is -2.33. The summed E-state index contributed by atoms with van der Waals surface area (Å²) >= 11 is 0. The molecule has 1 saturated carbocycles. The maximum Gasteiger partial charge on any atom is 0.195 e. The number of fused-ring (bicyclic) bond motifs is 1. The lowest BCUT2D eigenvalue weighted by atomic mass is 10.2. The van der Waals surface area contributed by atoms with Gasteiger partial charge in [0, 0.05) is 50.5 Å². The van der Waals surface area contributed by atoms with Crippen molar-refractivity contribution in [1.82, 2.24) is 10.2 Å². The van der Waals surface area contributed by atoms with E-state index < -0.39 is 0 Å². The van der Waals surface area contributed by atoms with Gasteiger partial charge >= 0.3 is 0 Å². The molecule has 1 heterocycles. The van der Waals surface area contributed by atoms with Gasteiger partial charge in [-0.3, -0.25) is 4.99 Å². The summed E-state index contributed by atoms with van der Waals surface area (Å²) in [6.07, 6.45) is 6.76. The minimum Gasteiger partial charge on any atom is -0.490 e. The average molecular weight is 575 g/mol. The van der Waals surface area contributed by atoms with Crippen LogP contribution in [0.5, 0.6) is 11.5 Å². The number of halogens is 1. The fraction of sp³-hybridized carbons (Fsp3) is 0.720. The molecule has 1 aromatic carbocycles. The van der Waals surface area contributed by atoms with Crippen LogP contribution in [0.15, 0.2) is 23.2 Å². The number of nitrogens with one attached hydrogen (secondary N) is 2. The Bertz CT molecular complexity index is 713. The molecule has 0 saturated heterocycles. The Balaban J connectivity index is 0.00000385. The van der Waals surface area contributed by atoms with Gasteiger partial charge in [0.05, 0.1) is 13.2 Å². The van der Waals surface area contributed by atoms with E-state index >= 15 is 0 Å². The number of ether oxygens (including phenoxy) is 3. The number of guanidine groups is 1. The molecule has 0 aromatic heterocycles. The monoisotopic (exact) mass is 574 g/mol. The van der Waals surface area contributed by atoms with Gasteiger partial charge in [-0.25, -0.2) is 0 Å². The molecule has 0 spiro atoms. The van der Waals surface area contributed by atoms with Crippen molar-refractivity contribution in [3.05, 3.63) is 18.2 Å². The normalized spacial score (nSPS) is 15.8. The maximum atomic E-state index is 5.83. The first-order chi connectivity index (χ1) is 15.6. The Hall–Kier alpha value is -1.26. The first-order valence-corrected chi connectivity index (χ1v) is 12.3. The van der Waals surface area contributed by atoms with Crippen LogP contribution >= 0.6 is 24.0 Å². The summed E-state index contributed by atoms with van der Waals surface area (Å²) in [5, 5.41) is 6.93. The maximum absolute atomic E-state index is 5.83. The molecule has 1 aromatic rings. The third-order valence-electron chi connectivity index (χ3n) is 5.89. The van der Waals surface area contributed by atoms with Gasteiger partial charge in [-0.05, 0) is 77.6 Å². The summed E-state index contributed by atoms with van der Waals surface area (Å²) in [5.41, 5.74) is 0.949. The first-order valence-electron chi connectivity index (χ1n) is 12.3. The Labute approximate surface area is 217 Å². The first kappa shape index (κ1) is 28.0. The van der Waals surface area contributed by atoms with Crippen LogP contribution in [0.4, 0.5) is 5.69 Å². The second-order valence-corrected chi connectivity index (χ2v) is 9.15.